The number of halogens is 1. The van der Waals surface area contributed by atoms with Crippen LogP contribution in [-0.4, -0.2) is 32.1 Å². The van der Waals surface area contributed by atoms with Gasteiger partial charge in [0.1, 0.15) is 5.75 Å². The van der Waals surface area contributed by atoms with Crippen LogP contribution in [0.2, 0.25) is 0 Å². The second-order valence-electron chi connectivity index (χ2n) is 3.76. The topological polar surface area (TPSA) is 50.4 Å². The van der Waals surface area contributed by atoms with Crippen LogP contribution in [0, 0.1) is 0 Å². The van der Waals surface area contributed by atoms with Gasteiger partial charge in [0.15, 0.2) is 0 Å². The molecule has 0 spiro atoms. The summed E-state index contributed by atoms with van der Waals surface area (Å²) in [4.78, 5) is 11.4. The van der Waals surface area contributed by atoms with Gasteiger partial charge < -0.3 is 15.4 Å². The van der Waals surface area contributed by atoms with E-state index in [2.05, 4.69) is 26.6 Å². The molecule has 0 aliphatic carbocycles. The molecule has 100 valence electrons. The Labute approximate surface area is 116 Å². The molecule has 0 saturated carbocycles. The summed E-state index contributed by atoms with van der Waals surface area (Å²) in [7, 11) is 0. The molecule has 0 fully saturated rings. The van der Waals surface area contributed by atoms with Crippen molar-refractivity contribution in [2.75, 3.05) is 26.2 Å². The van der Waals surface area contributed by atoms with Crippen LogP contribution >= 0.6 is 15.9 Å². The Balaban J connectivity index is 2.12. The summed E-state index contributed by atoms with van der Waals surface area (Å²) in [5, 5.41) is 5.97. The Bertz CT molecular complexity index is 372. The van der Waals surface area contributed by atoms with Crippen molar-refractivity contribution in [2.24, 2.45) is 0 Å². The van der Waals surface area contributed by atoms with Gasteiger partial charge in [-0.25, -0.2) is 0 Å². The summed E-state index contributed by atoms with van der Waals surface area (Å²) in [5.41, 5.74) is 0. The van der Waals surface area contributed by atoms with Gasteiger partial charge in [0.2, 0.25) is 5.91 Å². The summed E-state index contributed by atoms with van der Waals surface area (Å²) >= 11 is 3.37. The van der Waals surface area contributed by atoms with Gasteiger partial charge in [-0.2, -0.15) is 0 Å². The second kappa shape index (κ2) is 8.94. The second-order valence-corrected chi connectivity index (χ2v) is 4.68. The predicted molar refractivity (Wildman–Crippen MR) is 75.8 cm³/mol. The molecule has 1 aromatic carbocycles. The minimum atomic E-state index is 0.0166. The number of ether oxygens (including phenoxy) is 1. The van der Waals surface area contributed by atoms with Crippen molar-refractivity contribution in [3.05, 3.63) is 28.7 Å². The average molecular weight is 315 g/mol. The first kappa shape index (κ1) is 15.0. The van der Waals surface area contributed by atoms with Gasteiger partial charge in [-0.1, -0.05) is 28.9 Å². The van der Waals surface area contributed by atoms with Gasteiger partial charge >= 0.3 is 0 Å². The van der Waals surface area contributed by atoms with Crippen molar-refractivity contribution in [2.45, 2.75) is 13.3 Å². The van der Waals surface area contributed by atoms with Crippen LogP contribution in [0.3, 0.4) is 0 Å². The molecule has 0 aliphatic rings. The Morgan fingerprint density at radius 2 is 2.22 bits per heavy atom. The van der Waals surface area contributed by atoms with E-state index in [4.69, 9.17) is 4.74 Å². The van der Waals surface area contributed by atoms with Gasteiger partial charge in [0.05, 0.1) is 13.0 Å². The molecule has 0 aromatic heterocycles. The molecule has 0 heterocycles. The van der Waals surface area contributed by atoms with E-state index in [1.165, 1.54) is 0 Å². The lowest BCUT2D eigenvalue weighted by molar-refractivity contribution is -0.121. The van der Waals surface area contributed by atoms with Crippen LogP contribution in [-0.2, 0) is 4.79 Å². The van der Waals surface area contributed by atoms with E-state index in [0.29, 0.717) is 19.6 Å². The number of amides is 1. The van der Waals surface area contributed by atoms with Gasteiger partial charge in [-0.15, -0.1) is 0 Å². The minimum Gasteiger partial charge on any atom is -0.493 e. The highest BCUT2D eigenvalue weighted by molar-refractivity contribution is 9.10. The largest absolute Gasteiger partial charge is 0.493 e. The Kier molecular flexibility index (Phi) is 7.44. The molecule has 0 unspecified atom stereocenters. The van der Waals surface area contributed by atoms with E-state index in [-0.39, 0.29) is 5.91 Å². The SMILES string of the molecule is CCNCCNC(=O)CCOc1cccc(Br)c1. The maximum absolute atomic E-state index is 11.4. The smallest absolute Gasteiger partial charge is 0.223 e. The maximum atomic E-state index is 11.4. The van der Waals surface area contributed by atoms with Gasteiger partial charge in [-0.05, 0) is 24.7 Å². The predicted octanol–water partition coefficient (Wildman–Crippen LogP) is 1.94. The standard InChI is InChI=1S/C13H19BrN2O2/c1-2-15-7-8-16-13(17)6-9-18-12-5-3-4-11(14)10-12/h3-5,10,15H,2,6-9H2,1H3,(H,16,17). The molecule has 0 saturated heterocycles. The first-order chi connectivity index (χ1) is 8.72. The van der Waals surface area contributed by atoms with E-state index in [1.54, 1.807) is 0 Å². The number of benzene rings is 1. The average Bonchev–Trinajstić information content (AvgIpc) is 2.35. The van der Waals surface area contributed by atoms with Crippen molar-refractivity contribution >= 4 is 21.8 Å². The van der Waals surface area contributed by atoms with Crippen molar-refractivity contribution in [1.29, 1.82) is 0 Å². The van der Waals surface area contributed by atoms with Crippen LogP contribution in [0.1, 0.15) is 13.3 Å². The lowest BCUT2D eigenvalue weighted by atomic mass is 10.3. The third-order valence-electron chi connectivity index (χ3n) is 2.27. The van der Waals surface area contributed by atoms with Gasteiger partial charge in [0, 0.05) is 17.6 Å². The molecule has 5 heteroatoms. The summed E-state index contributed by atoms with van der Waals surface area (Å²) in [6.45, 7) is 4.80. The number of likely N-dealkylation sites (N-methyl/N-ethyl adjacent to an activating group) is 1. The fraction of sp³-hybridized carbons (Fsp3) is 0.462. The number of hydrogen-bond acceptors (Lipinski definition) is 3. The fourth-order valence-electron chi connectivity index (χ4n) is 1.37. The quantitative estimate of drug-likeness (QED) is 0.721. The Morgan fingerprint density at radius 3 is 2.94 bits per heavy atom. The fourth-order valence-corrected chi connectivity index (χ4v) is 1.75. The minimum absolute atomic E-state index is 0.0166. The number of rotatable bonds is 8. The van der Waals surface area contributed by atoms with Crippen molar-refractivity contribution in [3.8, 4) is 5.75 Å². The molecule has 0 radical (unpaired) electrons. The highest BCUT2D eigenvalue weighted by atomic mass is 79.9. The van der Waals surface area contributed by atoms with Crippen molar-refractivity contribution in [3.63, 3.8) is 0 Å². The third-order valence-corrected chi connectivity index (χ3v) is 2.76. The Hall–Kier alpha value is -1.07. The summed E-state index contributed by atoms with van der Waals surface area (Å²) in [6, 6.07) is 7.58. The molecule has 0 bridgehead atoms. The van der Waals surface area contributed by atoms with Crippen LogP contribution < -0.4 is 15.4 Å². The first-order valence-corrected chi connectivity index (χ1v) is 6.87. The van der Waals surface area contributed by atoms with E-state index in [9.17, 15) is 4.79 Å². The molecule has 18 heavy (non-hydrogen) atoms. The molecular weight excluding hydrogens is 296 g/mol. The molecule has 2 N–H and O–H groups in total. The highest BCUT2D eigenvalue weighted by Crippen LogP contribution is 2.17. The molecule has 0 atom stereocenters. The number of hydrogen-bond donors (Lipinski definition) is 2. The van der Waals surface area contributed by atoms with E-state index in [1.807, 2.05) is 31.2 Å². The molecule has 4 nitrogen and oxygen atoms in total. The number of nitrogens with one attached hydrogen (secondary N) is 2. The third kappa shape index (κ3) is 6.61. The summed E-state index contributed by atoms with van der Waals surface area (Å²) < 4.78 is 6.45. The van der Waals surface area contributed by atoms with Crippen LogP contribution in [0.4, 0.5) is 0 Å². The van der Waals surface area contributed by atoms with E-state index < -0.39 is 0 Å². The van der Waals surface area contributed by atoms with Gasteiger partial charge in [0.25, 0.3) is 0 Å². The lowest BCUT2D eigenvalue weighted by Gasteiger charge is -2.07. The zero-order valence-corrected chi connectivity index (χ0v) is 12.1. The molecule has 0 aliphatic heterocycles. The normalized spacial score (nSPS) is 10.1. The summed E-state index contributed by atoms with van der Waals surface area (Å²) in [6.07, 6.45) is 0.374. The molecule has 1 aromatic rings. The lowest BCUT2D eigenvalue weighted by Crippen LogP contribution is -2.32. The Morgan fingerprint density at radius 1 is 1.39 bits per heavy atom. The maximum Gasteiger partial charge on any atom is 0.223 e. The molecular formula is C13H19BrN2O2. The van der Waals surface area contributed by atoms with E-state index >= 15 is 0 Å². The monoisotopic (exact) mass is 314 g/mol. The van der Waals surface area contributed by atoms with Crippen LogP contribution in [0.25, 0.3) is 0 Å². The van der Waals surface area contributed by atoms with Crippen molar-refractivity contribution in [1.82, 2.24) is 10.6 Å². The summed E-state index contributed by atoms with van der Waals surface area (Å²) in [5.74, 6) is 0.785. The zero-order valence-electron chi connectivity index (χ0n) is 10.5. The molecule has 1 rings (SSSR count). The number of carbonyl (C=O) groups is 1. The zero-order chi connectivity index (χ0) is 13.2. The van der Waals surface area contributed by atoms with Crippen molar-refractivity contribution < 1.29 is 9.53 Å². The highest BCUT2D eigenvalue weighted by Gasteiger charge is 2.01. The van der Waals surface area contributed by atoms with Crippen LogP contribution in [0.15, 0.2) is 28.7 Å². The van der Waals surface area contributed by atoms with Gasteiger partial charge in [-0.3, -0.25) is 4.79 Å². The van der Waals surface area contributed by atoms with Crippen LogP contribution in [0.5, 0.6) is 5.75 Å². The van der Waals surface area contributed by atoms with E-state index in [0.717, 1.165) is 23.3 Å². The first-order valence-electron chi connectivity index (χ1n) is 6.08. The molecule has 1 amide bonds. The number of carbonyl (C=O) groups excluding carboxylic acids is 1.